The number of hydrogen-bond donors (Lipinski definition) is 1. The Hall–Kier alpha value is -3.71. The summed E-state index contributed by atoms with van der Waals surface area (Å²) >= 11 is 0. The van der Waals surface area contributed by atoms with Gasteiger partial charge in [-0.3, -0.25) is 14.5 Å². The number of halogens is 1. The molecule has 2 aromatic carbocycles. The number of aryl methyl sites for hydroxylation is 1. The summed E-state index contributed by atoms with van der Waals surface area (Å²) in [6.07, 6.45) is 1.36. The Morgan fingerprint density at radius 1 is 1.09 bits per heavy atom. The zero-order valence-electron chi connectivity index (χ0n) is 20.1. The molecule has 1 N–H and O–H groups in total. The number of furan rings is 1. The molecule has 182 valence electrons. The fourth-order valence-electron chi connectivity index (χ4n) is 4.68. The van der Waals surface area contributed by atoms with E-state index in [4.69, 9.17) is 4.42 Å². The number of carbonyl (C=O) groups is 2. The van der Waals surface area contributed by atoms with Gasteiger partial charge in [0.1, 0.15) is 5.82 Å². The Kier molecular flexibility index (Phi) is 7.17. The molecule has 0 saturated carbocycles. The van der Waals surface area contributed by atoms with Crippen LogP contribution in [0.15, 0.2) is 82.7 Å². The smallest absolute Gasteiger partial charge is 0.290 e. The van der Waals surface area contributed by atoms with Crippen LogP contribution in [0.4, 0.5) is 4.39 Å². The average molecular weight is 477 g/mol. The van der Waals surface area contributed by atoms with Crippen molar-refractivity contribution in [2.24, 2.45) is 0 Å². The van der Waals surface area contributed by atoms with Gasteiger partial charge in [-0.1, -0.05) is 55.8 Å². The van der Waals surface area contributed by atoms with Crippen molar-refractivity contribution in [2.75, 3.05) is 19.6 Å². The number of aliphatic hydroxyl groups is 1. The maximum Gasteiger partial charge on any atom is 0.290 e. The molecule has 2 heterocycles. The zero-order valence-corrected chi connectivity index (χ0v) is 20.1. The van der Waals surface area contributed by atoms with E-state index in [1.165, 1.54) is 41.5 Å². The molecule has 0 spiro atoms. The van der Waals surface area contributed by atoms with Gasteiger partial charge < -0.3 is 14.4 Å². The van der Waals surface area contributed by atoms with Crippen molar-refractivity contribution in [1.29, 1.82) is 0 Å². The Labute approximate surface area is 204 Å². The van der Waals surface area contributed by atoms with Gasteiger partial charge in [0.15, 0.2) is 11.5 Å². The molecule has 7 heteroatoms. The lowest BCUT2D eigenvalue weighted by atomic mass is 9.94. The van der Waals surface area contributed by atoms with E-state index in [-0.39, 0.29) is 23.9 Å². The molecule has 6 nitrogen and oxygen atoms in total. The number of ketones is 1. The molecule has 2 atom stereocenters. The molecule has 4 rings (SSSR count). The van der Waals surface area contributed by atoms with Crippen LogP contribution in [-0.4, -0.2) is 46.2 Å². The molecular weight excluding hydrogens is 447 g/mol. The highest BCUT2D eigenvalue weighted by molar-refractivity contribution is 6.15. The van der Waals surface area contributed by atoms with Crippen LogP contribution in [0, 0.1) is 12.7 Å². The van der Waals surface area contributed by atoms with E-state index < -0.39 is 29.3 Å². The average Bonchev–Trinajstić information content (AvgIpc) is 3.48. The lowest BCUT2D eigenvalue weighted by molar-refractivity contribution is -0.130. The van der Waals surface area contributed by atoms with Crippen LogP contribution < -0.4 is 0 Å². The highest BCUT2D eigenvalue weighted by Gasteiger charge is 2.45. The summed E-state index contributed by atoms with van der Waals surface area (Å²) < 4.78 is 19.0. The van der Waals surface area contributed by atoms with Gasteiger partial charge in [0.25, 0.3) is 5.91 Å². The molecule has 0 saturated heterocycles. The van der Waals surface area contributed by atoms with Crippen LogP contribution in [-0.2, 0) is 4.79 Å². The van der Waals surface area contributed by atoms with E-state index >= 15 is 0 Å². The number of aliphatic hydroxyl groups excluding tert-OH is 1. The Balaban J connectivity index is 1.79. The van der Waals surface area contributed by atoms with Gasteiger partial charge in [-0.25, -0.2) is 4.39 Å². The first kappa shape index (κ1) is 24.4. The van der Waals surface area contributed by atoms with E-state index in [0.717, 1.165) is 24.2 Å². The largest absolute Gasteiger partial charge is 0.503 e. The number of rotatable bonds is 9. The second kappa shape index (κ2) is 10.3. The number of carbonyl (C=O) groups excluding carboxylic acids is 2. The predicted molar refractivity (Wildman–Crippen MR) is 130 cm³/mol. The monoisotopic (exact) mass is 476 g/mol. The summed E-state index contributed by atoms with van der Waals surface area (Å²) in [7, 11) is 0. The first-order chi connectivity index (χ1) is 16.8. The zero-order chi connectivity index (χ0) is 25.1. The maximum atomic E-state index is 13.7. The molecule has 0 radical (unpaired) electrons. The Bertz CT molecular complexity index is 1210. The van der Waals surface area contributed by atoms with Gasteiger partial charge in [0.2, 0.25) is 5.78 Å². The van der Waals surface area contributed by atoms with Gasteiger partial charge in [-0.05, 0) is 55.4 Å². The summed E-state index contributed by atoms with van der Waals surface area (Å²) in [4.78, 5) is 30.5. The van der Waals surface area contributed by atoms with Crippen molar-refractivity contribution in [3.05, 3.63) is 107 Å². The van der Waals surface area contributed by atoms with Crippen LogP contribution in [0.25, 0.3) is 0 Å². The molecule has 2 unspecified atom stereocenters. The first-order valence-corrected chi connectivity index (χ1v) is 11.7. The van der Waals surface area contributed by atoms with Crippen LogP contribution >= 0.6 is 0 Å². The van der Waals surface area contributed by atoms with Crippen molar-refractivity contribution >= 4 is 11.7 Å². The van der Waals surface area contributed by atoms with Crippen LogP contribution in [0.1, 0.15) is 53.2 Å². The van der Waals surface area contributed by atoms with E-state index in [9.17, 15) is 19.1 Å². The molecule has 1 amide bonds. The third kappa shape index (κ3) is 4.77. The molecular formula is C28H29FN2O4. The topological polar surface area (TPSA) is 74.0 Å². The second-order valence-corrected chi connectivity index (χ2v) is 8.63. The van der Waals surface area contributed by atoms with Crippen molar-refractivity contribution in [3.63, 3.8) is 0 Å². The number of likely N-dealkylation sites (N-methyl/N-ethyl adjacent to an activating group) is 1. The first-order valence-electron chi connectivity index (χ1n) is 11.7. The minimum Gasteiger partial charge on any atom is -0.503 e. The van der Waals surface area contributed by atoms with Gasteiger partial charge in [-0.15, -0.1) is 0 Å². The number of benzene rings is 2. The van der Waals surface area contributed by atoms with Crippen molar-refractivity contribution in [2.45, 2.75) is 32.9 Å². The van der Waals surface area contributed by atoms with Crippen molar-refractivity contribution in [1.82, 2.24) is 9.80 Å². The number of nitrogens with zero attached hydrogens (tertiary/aromatic N) is 2. The SMILES string of the molecule is CCN(CC)C(CN1C(=O)C(O)=C(C(=O)c2ccco2)C1c1ccc(F)cc1)c1ccc(C)cc1. The van der Waals surface area contributed by atoms with E-state index in [2.05, 4.69) is 18.7 Å². The normalized spacial score (nSPS) is 16.9. The molecule has 1 aliphatic rings. The fraction of sp³-hybridized carbons (Fsp3) is 0.286. The quantitative estimate of drug-likeness (QED) is 0.419. The third-order valence-corrected chi connectivity index (χ3v) is 6.56. The van der Waals surface area contributed by atoms with Crippen molar-refractivity contribution in [3.8, 4) is 0 Å². The third-order valence-electron chi connectivity index (χ3n) is 6.56. The van der Waals surface area contributed by atoms with E-state index in [1.807, 2.05) is 31.2 Å². The highest BCUT2D eigenvalue weighted by atomic mass is 19.1. The number of amides is 1. The summed E-state index contributed by atoms with van der Waals surface area (Å²) in [6.45, 7) is 7.83. The Morgan fingerprint density at radius 2 is 1.74 bits per heavy atom. The minimum absolute atomic E-state index is 0.0205. The van der Waals surface area contributed by atoms with Gasteiger partial charge in [-0.2, -0.15) is 0 Å². The molecule has 0 aliphatic carbocycles. The summed E-state index contributed by atoms with van der Waals surface area (Å²) in [5.41, 5.74) is 2.61. The minimum atomic E-state index is -0.885. The second-order valence-electron chi connectivity index (χ2n) is 8.63. The van der Waals surface area contributed by atoms with Gasteiger partial charge in [0, 0.05) is 6.54 Å². The lowest BCUT2D eigenvalue weighted by Crippen LogP contribution is -2.41. The van der Waals surface area contributed by atoms with E-state index in [0.29, 0.717) is 5.56 Å². The standard InChI is InChI=1S/C28H29FN2O4/c1-4-30(5-2)22(19-10-8-18(3)9-11-19)17-31-25(20-12-14-21(29)15-13-20)24(27(33)28(31)34)26(32)23-7-6-16-35-23/h6-16,22,25,33H,4-5,17H2,1-3H3. The molecule has 0 bridgehead atoms. The molecule has 3 aromatic rings. The highest BCUT2D eigenvalue weighted by Crippen LogP contribution is 2.40. The number of hydrogen-bond acceptors (Lipinski definition) is 5. The summed E-state index contributed by atoms with van der Waals surface area (Å²) in [6, 6.07) is 15.7. The molecule has 1 aromatic heterocycles. The van der Waals surface area contributed by atoms with Gasteiger partial charge in [0.05, 0.1) is 23.9 Å². The van der Waals surface area contributed by atoms with E-state index in [1.54, 1.807) is 6.07 Å². The van der Waals surface area contributed by atoms with Crippen LogP contribution in [0.2, 0.25) is 0 Å². The summed E-state index contributed by atoms with van der Waals surface area (Å²) in [5, 5.41) is 10.9. The molecule has 1 aliphatic heterocycles. The molecule has 0 fully saturated rings. The fourth-order valence-corrected chi connectivity index (χ4v) is 4.68. The lowest BCUT2D eigenvalue weighted by Gasteiger charge is -2.36. The maximum absolute atomic E-state index is 13.7. The predicted octanol–water partition coefficient (Wildman–Crippen LogP) is 5.39. The van der Waals surface area contributed by atoms with Crippen LogP contribution in [0.5, 0.6) is 0 Å². The summed E-state index contributed by atoms with van der Waals surface area (Å²) in [5.74, 6) is -2.24. The molecule has 35 heavy (non-hydrogen) atoms. The van der Waals surface area contributed by atoms with Crippen LogP contribution in [0.3, 0.4) is 0 Å². The number of Topliss-reactive ketones (excluding diaryl/α,β-unsaturated/α-hetero) is 1. The van der Waals surface area contributed by atoms with Crippen molar-refractivity contribution < 1.29 is 23.5 Å². The van der Waals surface area contributed by atoms with Gasteiger partial charge >= 0.3 is 0 Å². The Morgan fingerprint density at radius 3 is 2.31 bits per heavy atom.